The van der Waals surface area contributed by atoms with Gasteiger partial charge in [-0.3, -0.25) is 10.1 Å². The molecule has 10 heteroatoms. The Labute approximate surface area is 96.3 Å². The highest BCUT2D eigenvalue weighted by molar-refractivity contribution is 5.46. The van der Waals surface area contributed by atoms with Gasteiger partial charge in [-0.25, -0.2) is 13.8 Å². The number of ether oxygens (including phenoxy) is 1. The lowest BCUT2D eigenvalue weighted by Crippen LogP contribution is -2.19. The van der Waals surface area contributed by atoms with Crippen LogP contribution in [0.25, 0.3) is 0 Å². The van der Waals surface area contributed by atoms with Crippen LogP contribution in [0.4, 0.5) is 27.6 Å². The van der Waals surface area contributed by atoms with Crippen molar-refractivity contribution < 1.29 is 31.6 Å². The Morgan fingerprint density at radius 2 is 2.00 bits per heavy atom. The lowest BCUT2D eigenvalue weighted by atomic mass is 10.2. The van der Waals surface area contributed by atoms with Crippen LogP contribution in [0, 0.1) is 17.0 Å². The summed E-state index contributed by atoms with van der Waals surface area (Å²) in [4.78, 5) is 12.3. The van der Waals surface area contributed by atoms with E-state index in [-0.39, 0.29) is 0 Å². The van der Waals surface area contributed by atoms with Crippen molar-refractivity contribution in [3.63, 3.8) is 0 Å². The number of nitro groups is 1. The van der Waals surface area contributed by atoms with Crippen LogP contribution in [0.1, 0.15) is 17.7 Å². The molecule has 0 amide bonds. The van der Waals surface area contributed by atoms with Gasteiger partial charge >= 0.3 is 6.36 Å². The Balaban J connectivity index is 3.36. The topological polar surface area (TPSA) is 65.3 Å². The second-order valence-electron chi connectivity index (χ2n) is 3.10. The summed E-state index contributed by atoms with van der Waals surface area (Å²) in [6.07, 6.45) is -8.42. The molecular weight excluding hydrogens is 267 g/mol. The minimum atomic E-state index is -5.17. The Kier molecular flexibility index (Phi) is 3.67. The molecule has 1 aromatic heterocycles. The van der Waals surface area contributed by atoms with Crippen LogP contribution in [0.5, 0.6) is 5.88 Å². The molecule has 0 N–H and O–H groups in total. The maximum absolute atomic E-state index is 12.3. The normalized spacial score (nSPS) is 11.7. The van der Waals surface area contributed by atoms with Gasteiger partial charge in [0.1, 0.15) is 5.69 Å². The SMILES string of the molecule is Cc1c([N+](=O)[O-])cc(C(F)F)nc1OC(F)(F)F. The molecule has 18 heavy (non-hydrogen) atoms. The van der Waals surface area contributed by atoms with Gasteiger partial charge in [0.2, 0.25) is 5.88 Å². The lowest BCUT2D eigenvalue weighted by molar-refractivity contribution is -0.385. The summed E-state index contributed by atoms with van der Waals surface area (Å²) in [7, 11) is 0. The van der Waals surface area contributed by atoms with Crippen molar-refractivity contribution >= 4 is 5.69 Å². The molecule has 0 aromatic carbocycles. The highest BCUT2D eigenvalue weighted by atomic mass is 19.4. The van der Waals surface area contributed by atoms with Crippen LogP contribution in [0.3, 0.4) is 0 Å². The summed E-state index contributed by atoms with van der Waals surface area (Å²) in [6.45, 7) is 0.918. The van der Waals surface area contributed by atoms with Gasteiger partial charge in [-0.1, -0.05) is 0 Å². The second-order valence-corrected chi connectivity index (χ2v) is 3.10. The average molecular weight is 272 g/mol. The van der Waals surface area contributed by atoms with E-state index in [4.69, 9.17) is 0 Å². The van der Waals surface area contributed by atoms with E-state index in [0.717, 1.165) is 6.92 Å². The van der Waals surface area contributed by atoms with Gasteiger partial charge < -0.3 is 4.74 Å². The first kappa shape index (κ1) is 14.1. The molecule has 0 spiro atoms. The van der Waals surface area contributed by atoms with Crippen molar-refractivity contribution in [3.8, 4) is 5.88 Å². The molecule has 0 saturated heterocycles. The number of pyridine rings is 1. The van der Waals surface area contributed by atoms with E-state index in [1.807, 2.05) is 0 Å². The monoisotopic (exact) mass is 272 g/mol. The molecule has 1 rings (SSSR count). The molecule has 0 aliphatic heterocycles. The molecule has 0 saturated carbocycles. The fourth-order valence-electron chi connectivity index (χ4n) is 1.10. The predicted molar refractivity (Wildman–Crippen MR) is 47.3 cm³/mol. The maximum atomic E-state index is 12.3. The summed E-state index contributed by atoms with van der Waals surface area (Å²) >= 11 is 0. The zero-order valence-corrected chi connectivity index (χ0v) is 8.66. The summed E-state index contributed by atoms with van der Waals surface area (Å²) < 4.78 is 63.9. The van der Waals surface area contributed by atoms with E-state index in [9.17, 15) is 32.1 Å². The van der Waals surface area contributed by atoms with Crippen molar-refractivity contribution in [2.24, 2.45) is 0 Å². The Bertz CT molecular complexity index is 475. The van der Waals surface area contributed by atoms with Gasteiger partial charge in [0.05, 0.1) is 10.5 Å². The minimum absolute atomic E-state index is 0.406. The number of halogens is 5. The standard InChI is InChI=1S/C8H5F5N2O3/c1-3-5(15(16)17)2-4(6(9)10)14-7(3)18-8(11,12)13/h2,6H,1H3. The van der Waals surface area contributed by atoms with Crippen LogP contribution in [-0.4, -0.2) is 16.3 Å². The molecular formula is C8H5F5N2O3. The third kappa shape index (κ3) is 3.25. The number of alkyl halides is 5. The van der Waals surface area contributed by atoms with E-state index in [0.29, 0.717) is 6.07 Å². The van der Waals surface area contributed by atoms with Crippen LogP contribution in [0.15, 0.2) is 6.07 Å². The van der Waals surface area contributed by atoms with Crippen LogP contribution in [0.2, 0.25) is 0 Å². The van der Waals surface area contributed by atoms with Gasteiger partial charge in [0.15, 0.2) is 0 Å². The predicted octanol–water partition coefficient (Wildman–Crippen LogP) is 3.13. The molecule has 0 bridgehead atoms. The molecule has 0 atom stereocenters. The van der Waals surface area contributed by atoms with Crippen LogP contribution < -0.4 is 4.74 Å². The number of aromatic nitrogens is 1. The van der Waals surface area contributed by atoms with Crippen LogP contribution in [-0.2, 0) is 0 Å². The largest absolute Gasteiger partial charge is 0.574 e. The van der Waals surface area contributed by atoms with Crippen LogP contribution >= 0.6 is 0 Å². The molecule has 5 nitrogen and oxygen atoms in total. The third-order valence-electron chi connectivity index (χ3n) is 1.85. The summed E-state index contributed by atoms with van der Waals surface area (Å²) in [5.74, 6) is -1.26. The first-order chi connectivity index (χ1) is 8.11. The fraction of sp³-hybridized carbons (Fsp3) is 0.375. The van der Waals surface area contributed by atoms with Gasteiger partial charge in [0.25, 0.3) is 12.1 Å². The molecule has 0 fully saturated rings. The molecule has 100 valence electrons. The zero-order chi connectivity index (χ0) is 14.1. The lowest BCUT2D eigenvalue weighted by Gasteiger charge is -2.11. The second kappa shape index (κ2) is 4.70. The van der Waals surface area contributed by atoms with E-state index in [1.54, 1.807) is 0 Å². The van der Waals surface area contributed by atoms with Gasteiger partial charge in [-0.05, 0) is 6.92 Å². The summed E-state index contributed by atoms with van der Waals surface area (Å²) in [6, 6.07) is 0.406. The molecule has 1 aromatic rings. The minimum Gasteiger partial charge on any atom is -0.387 e. The molecule has 0 radical (unpaired) electrons. The van der Waals surface area contributed by atoms with Crippen molar-refractivity contribution in [3.05, 3.63) is 27.4 Å². The smallest absolute Gasteiger partial charge is 0.387 e. The fourth-order valence-corrected chi connectivity index (χ4v) is 1.10. The molecule has 1 heterocycles. The maximum Gasteiger partial charge on any atom is 0.574 e. The summed E-state index contributed by atoms with van der Waals surface area (Å²) in [5.41, 5.74) is -2.66. The highest BCUT2D eigenvalue weighted by Gasteiger charge is 2.35. The Morgan fingerprint density at radius 1 is 1.44 bits per heavy atom. The van der Waals surface area contributed by atoms with E-state index in [2.05, 4.69) is 9.72 Å². The van der Waals surface area contributed by atoms with Crippen molar-refractivity contribution in [1.82, 2.24) is 4.98 Å². The molecule has 0 aliphatic carbocycles. The number of hydrogen-bond acceptors (Lipinski definition) is 4. The third-order valence-corrected chi connectivity index (χ3v) is 1.85. The van der Waals surface area contributed by atoms with Gasteiger partial charge in [0, 0.05) is 6.07 Å². The molecule has 0 unspecified atom stereocenters. The zero-order valence-electron chi connectivity index (χ0n) is 8.66. The number of hydrogen-bond donors (Lipinski definition) is 0. The van der Waals surface area contributed by atoms with E-state index in [1.165, 1.54) is 0 Å². The van der Waals surface area contributed by atoms with Crippen molar-refractivity contribution in [1.29, 1.82) is 0 Å². The first-order valence-electron chi connectivity index (χ1n) is 4.31. The van der Waals surface area contributed by atoms with Gasteiger partial charge in [-0.15, -0.1) is 13.2 Å². The Morgan fingerprint density at radius 3 is 2.39 bits per heavy atom. The van der Waals surface area contributed by atoms with E-state index < -0.39 is 40.5 Å². The Hall–Kier alpha value is -2.00. The van der Waals surface area contributed by atoms with Gasteiger partial charge in [-0.2, -0.15) is 0 Å². The summed E-state index contributed by atoms with van der Waals surface area (Å²) in [5, 5.41) is 10.5. The number of rotatable bonds is 3. The highest BCUT2D eigenvalue weighted by Crippen LogP contribution is 2.33. The average Bonchev–Trinajstić information content (AvgIpc) is 2.18. The molecule has 0 aliphatic rings. The number of nitrogens with zero attached hydrogens (tertiary/aromatic N) is 2. The first-order valence-corrected chi connectivity index (χ1v) is 4.31. The van der Waals surface area contributed by atoms with Crippen molar-refractivity contribution in [2.45, 2.75) is 19.7 Å². The van der Waals surface area contributed by atoms with E-state index >= 15 is 0 Å². The quantitative estimate of drug-likeness (QED) is 0.481. The van der Waals surface area contributed by atoms with Crippen molar-refractivity contribution in [2.75, 3.05) is 0 Å².